The molecule has 1 heterocycles. The Kier molecular flexibility index (Phi) is 3.27. The summed E-state index contributed by atoms with van der Waals surface area (Å²) in [6.45, 7) is 7.00. The van der Waals surface area contributed by atoms with Crippen molar-refractivity contribution < 1.29 is 14.6 Å². The molecule has 0 aromatic heterocycles. The molecular weight excluding hydrogens is 170 g/mol. The van der Waals surface area contributed by atoms with Gasteiger partial charge in [0.1, 0.15) is 6.04 Å². The van der Waals surface area contributed by atoms with Crippen LogP contribution in [0.1, 0.15) is 20.8 Å². The second-order valence-corrected chi connectivity index (χ2v) is 3.70. The third-order valence-electron chi connectivity index (χ3n) is 2.51. The van der Waals surface area contributed by atoms with E-state index in [1.54, 1.807) is 6.92 Å². The number of hydrogen-bond acceptors (Lipinski definition) is 3. The number of nitrogens with zero attached hydrogens (tertiary/aromatic N) is 1. The highest BCUT2D eigenvalue weighted by molar-refractivity contribution is 5.72. The van der Waals surface area contributed by atoms with Gasteiger partial charge in [0.2, 0.25) is 0 Å². The minimum absolute atomic E-state index is 0.137. The largest absolute Gasteiger partial charge is 0.480 e. The first-order valence-electron chi connectivity index (χ1n) is 4.62. The summed E-state index contributed by atoms with van der Waals surface area (Å²) in [4.78, 5) is 12.7. The number of rotatable bonds is 2. The summed E-state index contributed by atoms with van der Waals surface area (Å²) in [6, 6.07) is -0.219. The van der Waals surface area contributed by atoms with Crippen molar-refractivity contribution in [1.82, 2.24) is 4.90 Å². The van der Waals surface area contributed by atoms with E-state index >= 15 is 0 Å². The first-order valence-corrected chi connectivity index (χ1v) is 4.62. The van der Waals surface area contributed by atoms with Crippen LogP contribution in [0.25, 0.3) is 0 Å². The van der Waals surface area contributed by atoms with Gasteiger partial charge in [0.15, 0.2) is 0 Å². The van der Waals surface area contributed by atoms with E-state index in [0.717, 1.165) is 0 Å². The Balaban J connectivity index is 2.60. The summed E-state index contributed by atoms with van der Waals surface area (Å²) in [6.07, 6.45) is 0.137. The van der Waals surface area contributed by atoms with E-state index in [-0.39, 0.29) is 12.1 Å². The molecule has 0 spiro atoms. The maximum Gasteiger partial charge on any atom is 0.320 e. The Morgan fingerprint density at radius 3 is 2.77 bits per heavy atom. The average molecular weight is 187 g/mol. The molecule has 4 nitrogen and oxygen atoms in total. The van der Waals surface area contributed by atoms with Crippen molar-refractivity contribution >= 4 is 5.97 Å². The van der Waals surface area contributed by atoms with Crippen LogP contribution in [0.2, 0.25) is 0 Å². The molecule has 3 unspecified atom stereocenters. The molecule has 76 valence electrons. The molecule has 0 amide bonds. The van der Waals surface area contributed by atoms with Crippen LogP contribution < -0.4 is 0 Å². The third kappa shape index (κ3) is 2.42. The molecule has 1 saturated heterocycles. The van der Waals surface area contributed by atoms with Gasteiger partial charge in [0, 0.05) is 12.6 Å². The monoisotopic (exact) mass is 187 g/mol. The molecule has 0 bridgehead atoms. The van der Waals surface area contributed by atoms with Crippen molar-refractivity contribution in [3.8, 4) is 0 Å². The smallest absolute Gasteiger partial charge is 0.320 e. The molecule has 0 aromatic rings. The summed E-state index contributed by atoms with van der Waals surface area (Å²) in [7, 11) is 0. The van der Waals surface area contributed by atoms with Gasteiger partial charge in [-0.3, -0.25) is 9.69 Å². The van der Waals surface area contributed by atoms with Gasteiger partial charge in [0.25, 0.3) is 0 Å². The summed E-state index contributed by atoms with van der Waals surface area (Å²) in [5, 5.41) is 8.86. The number of morpholine rings is 1. The first kappa shape index (κ1) is 10.5. The molecular formula is C9H17NO3. The molecule has 1 aliphatic rings. The second-order valence-electron chi connectivity index (χ2n) is 3.70. The highest BCUT2D eigenvalue weighted by atomic mass is 16.5. The third-order valence-corrected chi connectivity index (χ3v) is 2.51. The minimum Gasteiger partial charge on any atom is -0.480 e. The highest BCUT2D eigenvalue weighted by Gasteiger charge is 2.30. The van der Waals surface area contributed by atoms with E-state index in [1.807, 2.05) is 18.7 Å². The number of aliphatic carboxylic acids is 1. The van der Waals surface area contributed by atoms with Gasteiger partial charge in [0.05, 0.1) is 12.7 Å². The first-order chi connectivity index (χ1) is 6.02. The normalized spacial score (nSPS) is 32.8. The van der Waals surface area contributed by atoms with Gasteiger partial charge in [-0.25, -0.2) is 0 Å². The quantitative estimate of drug-likeness (QED) is 0.686. The summed E-state index contributed by atoms with van der Waals surface area (Å²) in [5.74, 6) is -0.763. The number of carboxylic acids is 1. The fraction of sp³-hybridized carbons (Fsp3) is 0.889. The number of ether oxygens (including phenoxy) is 1. The molecule has 1 fully saturated rings. The fourth-order valence-electron chi connectivity index (χ4n) is 1.61. The minimum atomic E-state index is -0.763. The summed E-state index contributed by atoms with van der Waals surface area (Å²) < 4.78 is 5.42. The zero-order valence-corrected chi connectivity index (χ0v) is 8.36. The number of carbonyl (C=O) groups is 1. The van der Waals surface area contributed by atoms with Gasteiger partial charge < -0.3 is 9.84 Å². The van der Waals surface area contributed by atoms with Gasteiger partial charge in [-0.2, -0.15) is 0 Å². The van der Waals surface area contributed by atoms with Crippen molar-refractivity contribution in [2.24, 2.45) is 0 Å². The Morgan fingerprint density at radius 1 is 1.62 bits per heavy atom. The second kappa shape index (κ2) is 4.07. The van der Waals surface area contributed by atoms with Crippen molar-refractivity contribution in [3.63, 3.8) is 0 Å². The lowest BCUT2D eigenvalue weighted by Gasteiger charge is -2.38. The van der Waals surface area contributed by atoms with Gasteiger partial charge in [-0.1, -0.05) is 0 Å². The highest BCUT2D eigenvalue weighted by Crippen LogP contribution is 2.14. The molecule has 0 radical (unpaired) electrons. The Hall–Kier alpha value is -0.610. The van der Waals surface area contributed by atoms with Crippen LogP contribution in [0.15, 0.2) is 0 Å². The van der Waals surface area contributed by atoms with Crippen molar-refractivity contribution in [2.45, 2.75) is 39.0 Å². The Morgan fingerprint density at radius 2 is 2.23 bits per heavy atom. The Bertz CT molecular complexity index is 195. The predicted octanol–water partition coefficient (Wildman–Crippen LogP) is 0.569. The Labute approximate surface area is 78.5 Å². The standard InChI is InChI=1S/C9H17NO3/c1-6-5-13-7(2)4-10(6)8(3)9(11)12/h6-8H,4-5H2,1-3H3,(H,11,12). The average Bonchev–Trinajstić information content (AvgIpc) is 2.08. The van der Waals surface area contributed by atoms with Crippen LogP contribution in [0, 0.1) is 0 Å². The van der Waals surface area contributed by atoms with Crippen molar-refractivity contribution in [3.05, 3.63) is 0 Å². The van der Waals surface area contributed by atoms with E-state index in [1.165, 1.54) is 0 Å². The maximum absolute atomic E-state index is 10.8. The van der Waals surface area contributed by atoms with E-state index in [2.05, 4.69) is 0 Å². The van der Waals surface area contributed by atoms with E-state index in [0.29, 0.717) is 13.2 Å². The predicted molar refractivity (Wildman–Crippen MR) is 48.7 cm³/mol. The number of carboxylic acid groups (broad SMARTS) is 1. The molecule has 0 saturated carbocycles. The van der Waals surface area contributed by atoms with Crippen LogP contribution in [0.5, 0.6) is 0 Å². The van der Waals surface area contributed by atoms with Crippen LogP contribution in [0.3, 0.4) is 0 Å². The molecule has 1 rings (SSSR count). The molecule has 13 heavy (non-hydrogen) atoms. The van der Waals surface area contributed by atoms with E-state index in [4.69, 9.17) is 9.84 Å². The maximum atomic E-state index is 10.8. The molecule has 1 N–H and O–H groups in total. The number of hydrogen-bond donors (Lipinski definition) is 1. The fourth-order valence-corrected chi connectivity index (χ4v) is 1.61. The van der Waals surface area contributed by atoms with Crippen LogP contribution in [0.4, 0.5) is 0 Å². The molecule has 0 aliphatic carbocycles. The topological polar surface area (TPSA) is 49.8 Å². The van der Waals surface area contributed by atoms with Crippen molar-refractivity contribution in [2.75, 3.05) is 13.2 Å². The van der Waals surface area contributed by atoms with Crippen LogP contribution in [-0.4, -0.2) is 47.3 Å². The zero-order chi connectivity index (χ0) is 10.0. The van der Waals surface area contributed by atoms with Gasteiger partial charge in [-0.05, 0) is 20.8 Å². The van der Waals surface area contributed by atoms with Crippen LogP contribution >= 0.6 is 0 Å². The van der Waals surface area contributed by atoms with Crippen LogP contribution in [-0.2, 0) is 9.53 Å². The lowest BCUT2D eigenvalue weighted by Crippen LogP contribution is -2.53. The molecule has 0 aromatic carbocycles. The molecule has 1 aliphatic heterocycles. The van der Waals surface area contributed by atoms with Crippen molar-refractivity contribution in [1.29, 1.82) is 0 Å². The van der Waals surface area contributed by atoms with E-state index < -0.39 is 12.0 Å². The molecule has 4 heteroatoms. The summed E-state index contributed by atoms with van der Waals surface area (Å²) in [5.41, 5.74) is 0. The SMILES string of the molecule is CC1CN(C(C)C(=O)O)C(C)CO1. The van der Waals surface area contributed by atoms with E-state index in [9.17, 15) is 4.79 Å². The summed E-state index contributed by atoms with van der Waals surface area (Å²) >= 11 is 0. The molecule has 3 atom stereocenters. The van der Waals surface area contributed by atoms with Gasteiger partial charge >= 0.3 is 5.97 Å². The lowest BCUT2D eigenvalue weighted by atomic mass is 10.1. The lowest BCUT2D eigenvalue weighted by molar-refractivity contribution is -0.148. The van der Waals surface area contributed by atoms with Gasteiger partial charge in [-0.15, -0.1) is 0 Å². The zero-order valence-electron chi connectivity index (χ0n) is 8.36.